The molecule has 0 unspecified atom stereocenters. The molecule has 3 saturated carbocycles. The van der Waals surface area contributed by atoms with E-state index in [-0.39, 0.29) is 0 Å². The molecular formula is C11H18N2. The molecule has 0 aromatic carbocycles. The average molecular weight is 178 g/mol. The molecule has 0 atom stereocenters. The standard InChI is InChI=1S/C11H18N2/c12-11(9-3-4-9)13(10-5-6-10)7-8-1-2-8/h8-10,12H,1-7H2. The Morgan fingerprint density at radius 3 is 2.23 bits per heavy atom. The van der Waals surface area contributed by atoms with Gasteiger partial charge in [0.2, 0.25) is 0 Å². The van der Waals surface area contributed by atoms with Crippen LogP contribution in [0.1, 0.15) is 38.5 Å². The SMILES string of the molecule is N=C(C1CC1)N(CC1CC1)C1CC1. The molecule has 3 aliphatic rings. The Morgan fingerprint density at radius 1 is 1.08 bits per heavy atom. The molecule has 3 aliphatic carbocycles. The first kappa shape index (κ1) is 7.84. The van der Waals surface area contributed by atoms with E-state index in [1.165, 1.54) is 45.1 Å². The van der Waals surface area contributed by atoms with E-state index in [0.717, 1.165) is 17.8 Å². The maximum absolute atomic E-state index is 8.08. The van der Waals surface area contributed by atoms with Gasteiger partial charge in [-0.05, 0) is 44.4 Å². The van der Waals surface area contributed by atoms with Crippen molar-refractivity contribution in [1.29, 1.82) is 5.41 Å². The van der Waals surface area contributed by atoms with Crippen LogP contribution in [-0.4, -0.2) is 23.3 Å². The molecule has 1 N–H and O–H groups in total. The van der Waals surface area contributed by atoms with Crippen molar-refractivity contribution in [2.75, 3.05) is 6.54 Å². The molecule has 0 radical (unpaired) electrons. The highest BCUT2D eigenvalue weighted by Crippen LogP contribution is 2.39. The van der Waals surface area contributed by atoms with Crippen LogP contribution in [0.3, 0.4) is 0 Å². The molecule has 0 bridgehead atoms. The first-order chi connectivity index (χ1) is 6.34. The second kappa shape index (κ2) is 2.73. The van der Waals surface area contributed by atoms with Gasteiger partial charge in [-0.1, -0.05) is 0 Å². The Kier molecular flexibility index (Phi) is 1.64. The summed E-state index contributed by atoms with van der Waals surface area (Å²) in [7, 11) is 0. The predicted octanol–water partition coefficient (Wildman–Crippen LogP) is 2.25. The maximum Gasteiger partial charge on any atom is 0.0992 e. The number of rotatable bonds is 4. The largest absolute Gasteiger partial charge is 0.357 e. The third-order valence-corrected chi connectivity index (χ3v) is 3.41. The predicted molar refractivity (Wildman–Crippen MR) is 52.9 cm³/mol. The van der Waals surface area contributed by atoms with Crippen molar-refractivity contribution in [2.24, 2.45) is 11.8 Å². The van der Waals surface area contributed by atoms with Crippen LogP contribution in [0, 0.1) is 17.2 Å². The van der Waals surface area contributed by atoms with Gasteiger partial charge in [-0.2, -0.15) is 0 Å². The lowest BCUT2D eigenvalue weighted by Crippen LogP contribution is -2.35. The van der Waals surface area contributed by atoms with Crippen molar-refractivity contribution < 1.29 is 0 Å². The summed E-state index contributed by atoms with van der Waals surface area (Å²) >= 11 is 0. The quantitative estimate of drug-likeness (QED) is 0.519. The number of nitrogens with one attached hydrogen (secondary N) is 1. The van der Waals surface area contributed by atoms with Gasteiger partial charge in [-0.25, -0.2) is 0 Å². The molecule has 0 amide bonds. The molecule has 0 aliphatic heterocycles. The fourth-order valence-electron chi connectivity index (χ4n) is 2.00. The molecule has 2 nitrogen and oxygen atoms in total. The number of nitrogens with zero attached hydrogens (tertiary/aromatic N) is 1. The lowest BCUT2D eigenvalue weighted by atomic mass is 10.3. The Bertz CT molecular complexity index is 224. The smallest absolute Gasteiger partial charge is 0.0992 e. The summed E-state index contributed by atoms with van der Waals surface area (Å²) in [6, 6.07) is 0.772. The van der Waals surface area contributed by atoms with Gasteiger partial charge in [-0.15, -0.1) is 0 Å². The van der Waals surface area contributed by atoms with Crippen molar-refractivity contribution in [1.82, 2.24) is 4.90 Å². The lowest BCUT2D eigenvalue weighted by Gasteiger charge is -2.25. The van der Waals surface area contributed by atoms with Crippen molar-refractivity contribution in [3.63, 3.8) is 0 Å². The number of amidine groups is 1. The van der Waals surface area contributed by atoms with E-state index < -0.39 is 0 Å². The summed E-state index contributed by atoms with van der Waals surface area (Å²) in [6.45, 7) is 1.21. The molecule has 3 rings (SSSR count). The van der Waals surface area contributed by atoms with Crippen LogP contribution in [0.25, 0.3) is 0 Å². The van der Waals surface area contributed by atoms with Crippen molar-refractivity contribution in [3.05, 3.63) is 0 Å². The molecule has 3 fully saturated rings. The van der Waals surface area contributed by atoms with Crippen molar-refractivity contribution in [2.45, 2.75) is 44.6 Å². The number of hydrogen-bond acceptors (Lipinski definition) is 1. The number of hydrogen-bond donors (Lipinski definition) is 1. The van der Waals surface area contributed by atoms with Gasteiger partial charge >= 0.3 is 0 Å². The van der Waals surface area contributed by atoms with E-state index in [1.807, 2.05) is 0 Å². The third-order valence-electron chi connectivity index (χ3n) is 3.41. The molecule has 13 heavy (non-hydrogen) atoms. The minimum Gasteiger partial charge on any atom is -0.357 e. The Hall–Kier alpha value is -0.530. The summed E-state index contributed by atoms with van der Waals surface area (Å²) in [5, 5.41) is 8.08. The van der Waals surface area contributed by atoms with Gasteiger partial charge < -0.3 is 4.90 Å². The van der Waals surface area contributed by atoms with E-state index in [9.17, 15) is 0 Å². The highest BCUT2D eigenvalue weighted by molar-refractivity contribution is 5.84. The van der Waals surface area contributed by atoms with Gasteiger partial charge in [0.1, 0.15) is 0 Å². The molecule has 0 saturated heterocycles. The van der Waals surface area contributed by atoms with Crippen molar-refractivity contribution >= 4 is 5.84 Å². The van der Waals surface area contributed by atoms with E-state index in [0.29, 0.717) is 5.92 Å². The van der Waals surface area contributed by atoms with Gasteiger partial charge in [0, 0.05) is 18.5 Å². The Balaban J connectivity index is 1.62. The average Bonchev–Trinajstić information content (AvgIpc) is 3.03. The second-order valence-corrected chi connectivity index (χ2v) is 4.99. The Morgan fingerprint density at radius 2 is 1.77 bits per heavy atom. The highest BCUT2D eigenvalue weighted by atomic mass is 15.2. The zero-order valence-corrected chi connectivity index (χ0v) is 8.13. The monoisotopic (exact) mass is 178 g/mol. The summed E-state index contributed by atoms with van der Waals surface area (Å²) in [4.78, 5) is 2.43. The van der Waals surface area contributed by atoms with Crippen LogP contribution in [0.5, 0.6) is 0 Å². The maximum atomic E-state index is 8.08. The highest BCUT2D eigenvalue weighted by Gasteiger charge is 2.39. The molecule has 2 heteroatoms. The summed E-state index contributed by atoms with van der Waals surface area (Å²) in [6.07, 6.45) is 8.10. The molecule has 0 heterocycles. The minimum atomic E-state index is 0.652. The van der Waals surface area contributed by atoms with E-state index >= 15 is 0 Å². The third kappa shape index (κ3) is 1.72. The van der Waals surface area contributed by atoms with Crippen LogP contribution in [0.4, 0.5) is 0 Å². The fourth-order valence-corrected chi connectivity index (χ4v) is 2.00. The van der Waals surface area contributed by atoms with Crippen LogP contribution in [0.2, 0.25) is 0 Å². The second-order valence-electron chi connectivity index (χ2n) is 4.99. The minimum absolute atomic E-state index is 0.652. The van der Waals surface area contributed by atoms with Crippen LogP contribution in [0.15, 0.2) is 0 Å². The first-order valence-electron chi connectivity index (χ1n) is 5.69. The zero-order valence-electron chi connectivity index (χ0n) is 8.13. The Labute approximate surface area is 79.8 Å². The van der Waals surface area contributed by atoms with Crippen molar-refractivity contribution in [3.8, 4) is 0 Å². The van der Waals surface area contributed by atoms with Gasteiger partial charge in [0.05, 0.1) is 5.84 Å². The van der Waals surface area contributed by atoms with Gasteiger partial charge in [0.15, 0.2) is 0 Å². The molecular weight excluding hydrogens is 160 g/mol. The molecule has 0 spiro atoms. The summed E-state index contributed by atoms with van der Waals surface area (Å²) in [5.74, 6) is 2.58. The van der Waals surface area contributed by atoms with Gasteiger partial charge in [0.25, 0.3) is 0 Å². The van der Waals surface area contributed by atoms with E-state index in [1.54, 1.807) is 0 Å². The molecule has 72 valence electrons. The molecule has 0 aromatic rings. The van der Waals surface area contributed by atoms with Crippen LogP contribution >= 0.6 is 0 Å². The van der Waals surface area contributed by atoms with E-state index in [2.05, 4.69) is 4.90 Å². The van der Waals surface area contributed by atoms with Crippen LogP contribution in [-0.2, 0) is 0 Å². The normalized spacial score (nSPS) is 27.4. The fraction of sp³-hybridized carbons (Fsp3) is 0.909. The van der Waals surface area contributed by atoms with Crippen LogP contribution < -0.4 is 0 Å². The molecule has 0 aromatic heterocycles. The van der Waals surface area contributed by atoms with E-state index in [4.69, 9.17) is 5.41 Å². The lowest BCUT2D eigenvalue weighted by molar-refractivity contribution is 0.378. The topological polar surface area (TPSA) is 27.1 Å². The zero-order chi connectivity index (χ0) is 8.84. The first-order valence-corrected chi connectivity index (χ1v) is 5.69. The summed E-state index contributed by atoms with van der Waals surface area (Å²) in [5.41, 5.74) is 0. The summed E-state index contributed by atoms with van der Waals surface area (Å²) < 4.78 is 0. The van der Waals surface area contributed by atoms with Gasteiger partial charge in [-0.3, -0.25) is 5.41 Å².